The van der Waals surface area contributed by atoms with Crippen LogP contribution in [0.1, 0.15) is 23.7 Å². The van der Waals surface area contributed by atoms with Gasteiger partial charge in [0.05, 0.1) is 12.5 Å². The quantitative estimate of drug-likeness (QED) is 0.858. The summed E-state index contributed by atoms with van der Waals surface area (Å²) < 4.78 is 12.7. The smallest absolute Gasteiger partial charge is 0.224 e. The number of benzene rings is 2. The summed E-state index contributed by atoms with van der Waals surface area (Å²) in [6.45, 7) is 0.399. The molecule has 0 aromatic heterocycles. The summed E-state index contributed by atoms with van der Waals surface area (Å²) in [6, 6.07) is 15.2. The van der Waals surface area contributed by atoms with Crippen molar-refractivity contribution in [2.45, 2.75) is 18.9 Å². The minimum absolute atomic E-state index is 0.137. The van der Waals surface area contributed by atoms with Gasteiger partial charge in [0.15, 0.2) is 0 Å². The zero-order valence-electron chi connectivity index (χ0n) is 11.6. The van der Waals surface area contributed by atoms with Crippen molar-refractivity contribution in [2.75, 3.05) is 6.54 Å². The van der Waals surface area contributed by atoms with Crippen LogP contribution in [-0.2, 0) is 11.2 Å². The number of hydrogen-bond donors (Lipinski definition) is 2. The van der Waals surface area contributed by atoms with Gasteiger partial charge in [-0.1, -0.05) is 42.5 Å². The fourth-order valence-corrected chi connectivity index (χ4v) is 2.04. The summed E-state index contributed by atoms with van der Waals surface area (Å²) in [4.78, 5) is 11.7. The number of halogens is 1. The Morgan fingerprint density at radius 1 is 1.10 bits per heavy atom. The normalized spacial score (nSPS) is 11.9. The molecule has 0 aliphatic rings. The molecule has 1 atom stereocenters. The molecule has 0 saturated heterocycles. The topological polar surface area (TPSA) is 49.3 Å². The maximum atomic E-state index is 12.7. The number of carbonyl (C=O) groups is 1. The first kappa shape index (κ1) is 15.2. The summed E-state index contributed by atoms with van der Waals surface area (Å²) in [5, 5.41) is 12.7. The molecule has 0 aliphatic heterocycles. The van der Waals surface area contributed by atoms with Crippen molar-refractivity contribution in [3.63, 3.8) is 0 Å². The maximum absolute atomic E-state index is 12.7. The molecule has 2 aromatic rings. The van der Waals surface area contributed by atoms with Gasteiger partial charge in [0, 0.05) is 6.54 Å². The molecule has 3 nitrogen and oxygen atoms in total. The summed E-state index contributed by atoms with van der Waals surface area (Å²) in [5.74, 6) is -0.452. The van der Waals surface area contributed by atoms with Crippen LogP contribution in [0, 0.1) is 5.82 Å². The van der Waals surface area contributed by atoms with Crippen molar-refractivity contribution in [3.05, 3.63) is 71.5 Å². The lowest BCUT2D eigenvalue weighted by atomic mass is 10.1. The van der Waals surface area contributed by atoms with Gasteiger partial charge in [-0.3, -0.25) is 4.79 Å². The van der Waals surface area contributed by atoms with Gasteiger partial charge in [-0.05, 0) is 29.7 Å². The lowest BCUT2D eigenvalue weighted by molar-refractivity contribution is -0.120. The minimum atomic E-state index is -0.586. The van der Waals surface area contributed by atoms with Crippen LogP contribution in [0.15, 0.2) is 54.6 Å². The molecule has 2 N–H and O–H groups in total. The molecule has 0 bridgehead atoms. The molecule has 2 rings (SSSR count). The maximum Gasteiger partial charge on any atom is 0.224 e. The van der Waals surface area contributed by atoms with Crippen LogP contribution in [-0.4, -0.2) is 17.6 Å². The lowest BCUT2D eigenvalue weighted by Gasteiger charge is -2.11. The first-order chi connectivity index (χ1) is 10.1. The average molecular weight is 287 g/mol. The predicted molar refractivity (Wildman–Crippen MR) is 79.1 cm³/mol. The molecule has 4 heteroatoms. The Balaban J connectivity index is 1.73. The number of hydrogen-bond acceptors (Lipinski definition) is 2. The van der Waals surface area contributed by atoms with E-state index in [1.807, 2.05) is 30.3 Å². The molecule has 0 radical (unpaired) electrons. The van der Waals surface area contributed by atoms with Gasteiger partial charge >= 0.3 is 0 Å². The van der Waals surface area contributed by atoms with E-state index in [0.29, 0.717) is 13.0 Å². The number of nitrogens with one attached hydrogen (secondary N) is 1. The standard InChI is InChI=1S/C17H18FNO2/c18-15-8-6-13(7-9-15)12-17(21)19-11-10-16(20)14-4-2-1-3-5-14/h1-9,16,20H,10-12H2,(H,19,21)/t16-/m0/s1. The van der Waals surface area contributed by atoms with E-state index in [1.165, 1.54) is 12.1 Å². The molecule has 0 spiro atoms. The van der Waals surface area contributed by atoms with E-state index >= 15 is 0 Å². The van der Waals surface area contributed by atoms with E-state index in [-0.39, 0.29) is 18.1 Å². The zero-order chi connectivity index (χ0) is 15.1. The molecule has 1 amide bonds. The molecule has 0 fully saturated rings. The van der Waals surface area contributed by atoms with Gasteiger partial charge in [0.25, 0.3) is 0 Å². The van der Waals surface area contributed by atoms with Crippen molar-refractivity contribution in [1.82, 2.24) is 5.32 Å². The number of amides is 1. The molecular formula is C17H18FNO2. The first-order valence-corrected chi connectivity index (χ1v) is 6.89. The summed E-state index contributed by atoms with van der Waals surface area (Å²) in [6.07, 6.45) is 0.0817. The average Bonchev–Trinajstić information content (AvgIpc) is 2.50. The molecular weight excluding hydrogens is 269 g/mol. The molecule has 110 valence electrons. The second-order valence-corrected chi connectivity index (χ2v) is 4.87. The fraction of sp³-hybridized carbons (Fsp3) is 0.235. The van der Waals surface area contributed by atoms with Crippen molar-refractivity contribution in [3.8, 4) is 0 Å². The molecule has 0 saturated carbocycles. The van der Waals surface area contributed by atoms with Gasteiger partial charge in [-0.2, -0.15) is 0 Å². The SMILES string of the molecule is O=C(Cc1ccc(F)cc1)NCC[C@H](O)c1ccccc1. The third kappa shape index (κ3) is 5.00. The minimum Gasteiger partial charge on any atom is -0.388 e. The molecule has 0 unspecified atom stereocenters. The Hall–Kier alpha value is -2.20. The third-order valence-corrected chi connectivity index (χ3v) is 3.20. The molecule has 21 heavy (non-hydrogen) atoms. The van der Waals surface area contributed by atoms with Crippen LogP contribution >= 0.6 is 0 Å². The van der Waals surface area contributed by atoms with Gasteiger partial charge < -0.3 is 10.4 Å². The highest BCUT2D eigenvalue weighted by atomic mass is 19.1. The number of rotatable bonds is 6. The predicted octanol–water partition coefficient (Wildman–Crippen LogP) is 2.61. The zero-order valence-corrected chi connectivity index (χ0v) is 11.6. The summed E-state index contributed by atoms with van der Waals surface area (Å²) in [5.41, 5.74) is 1.60. The van der Waals surface area contributed by atoms with Crippen molar-refractivity contribution in [2.24, 2.45) is 0 Å². The number of aliphatic hydroxyl groups excluding tert-OH is 1. The molecule has 0 aliphatic carbocycles. The van der Waals surface area contributed by atoms with Crippen molar-refractivity contribution >= 4 is 5.91 Å². The van der Waals surface area contributed by atoms with Crippen LogP contribution < -0.4 is 5.32 Å². The van der Waals surface area contributed by atoms with Crippen molar-refractivity contribution < 1.29 is 14.3 Å². The highest BCUT2D eigenvalue weighted by molar-refractivity contribution is 5.78. The highest BCUT2D eigenvalue weighted by Gasteiger charge is 2.08. The van der Waals surface area contributed by atoms with Crippen LogP contribution in [0.3, 0.4) is 0 Å². The Kier molecular flexibility index (Phi) is 5.46. The van der Waals surface area contributed by atoms with E-state index in [1.54, 1.807) is 12.1 Å². The summed E-state index contributed by atoms with van der Waals surface area (Å²) in [7, 11) is 0. The van der Waals surface area contributed by atoms with Gasteiger partial charge in [-0.25, -0.2) is 4.39 Å². The molecule has 0 heterocycles. The van der Waals surface area contributed by atoms with Crippen LogP contribution in [0.2, 0.25) is 0 Å². The number of aliphatic hydroxyl groups is 1. The number of carbonyl (C=O) groups excluding carboxylic acids is 1. The Morgan fingerprint density at radius 3 is 2.43 bits per heavy atom. The van der Waals surface area contributed by atoms with Gasteiger partial charge in [0.1, 0.15) is 5.82 Å². The largest absolute Gasteiger partial charge is 0.388 e. The second kappa shape index (κ2) is 7.55. The van der Waals surface area contributed by atoms with Crippen LogP contribution in [0.25, 0.3) is 0 Å². The van der Waals surface area contributed by atoms with E-state index in [2.05, 4.69) is 5.32 Å². The third-order valence-electron chi connectivity index (χ3n) is 3.20. The van der Waals surface area contributed by atoms with Crippen LogP contribution in [0.5, 0.6) is 0 Å². The van der Waals surface area contributed by atoms with E-state index < -0.39 is 6.10 Å². The lowest BCUT2D eigenvalue weighted by Crippen LogP contribution is -2.27. The van der Waals surface area contributed by atoms with Crippen molar-refractivity contribution in [1.29, 1.82) is 0 Å². The monoisotopic (exact) mass is 287 g/mol. The Morgan fingerprint density at radius 2 is 1.76 bits per heavy atom. The highest BCUT2D eigenvalue weighted by Crippen LogP contribution is 2.14. The van der Waals surface area contributed by atoms with E-state index in [0.717, 1.165) is 11.1 Å². The fourth-order valence-electron chi connectivity index (χ4n) is 2.04. The Labute approximate surface area is 123 Å². The van der Waals surface area contributed by atoms with Gasteiger partial charge in [-0.15, -0.1) is 0 Å². The summed E-state index contributed by atoms with van der Waals surface area (Å²) >= 11 is 0. The first-order valence-electron chi connectivity index (χ1n) is 6.89. The second-order valence-electron chi connectivity index (χ2n) is 4.87. The van der Waals surface area contributed by atoms with Gasteiger partial charge in [0.2, 0.25) is 5.91 Å². The van der Waals surface area contributed by atoms with Crippen LogP contribution in [0.4, 0.5) is 4.39 Å². The van der Waals surface area contributed by atoms with E-state index in [9.17, 15) is 14.3 Å². The molecule has 2 aromatic carbocycles. The Bertz CT molecular complexity index is 569. The van der Waals surface area contributed by atoms with E-state index in [4.69, 9.17) is 0 Å².